The number of Topliss-reactive ketones (excluding diaryl/α,β-unsaturated/α-hetero) is 1. The van der Waals surface area contributed by atoms with Gasteiger partial charge in [-0.05, 0) is 13.0 Å². The van der Waals surface area contributed by atoms with Gasteiger partial charge in [0.1, 0.15) is 17.4 Å². The minimum absolute atomic E-state index is 0.0758. The van der Waals surface area contributed by atoms with E-state index in [2.05, 4.69) is 0 Å². The van der Waals surface area contributed by atoms with Crippen molar-refractivity contribution in [2.45, 2.75) is 31.7 Å². The number of ketones is 1. The number of para-hydroxylation sites is 2. The van der Waals surface area contributed by atoms with Crippen LogP contribution in [-0.2, 0) is 4.79 Å². The molecule has 2 rings (SSSR count). The molecule has 1 aliphatic rings. The van der Waals surface area contributed by atoms with Gasteiger partial charge >= 0.3 is 12.4 Å². The van der Waals surface area contributed by atoms with E-state index in [0.717, 1.165) is 19.1 Å². The SMILES string of the molecule is CC(=O)C1C(C)=[N+]([O-])c2ccccc2NC1(C(F)(F)F)C(F)(F)F. The van der Waals surface area contributed by atoms with E-state index in [4.69, 9.17) is 0 Å². The summed E-state index contributed by atoms with van der Waals surface area (Å²) < 4.78 is 81.6. The molecule has 4 nitrogen and oxygen atoms in total. The molecule has 0 amide bonds. The highest BCUT2D eigenvalue weighted by Gasteiger charge is 2.77. The Morgan fingerprint density at radius 2 is 1.67 bits per heavy atom. The average Bonchev–Trinajstić information content (AvgIpc) is 2.52. The molecule has 1 aromatic rings. The molecule has 24 heavy (non-hydrogen) atoms. The number of carbonyl (C=O) groups excluding carboxylic acids is 1. The van der Waals surface area contributed by atoms with Crippen molar-refractivity contribution in [1.29, 1.82) is 0 Å². The fraction of sp³-hybridized carbons (Fsp3) is 0.429. The Labute approximate surface area is 132 Å². The molecular formula is C14H12F6N2O2. The fourth-order valence-electron chi connectivity index (χ4n) is 2.89. The molecule has 0 fully saturated rings. The summed E-state index contributed by atoms with van der Waals surface area (Å²) in [7, 11) is 0. The first-order chi connectivity index (χ1) is 10.8. The summed E-state index contributed by atoms with van der Waals surface area (Å²) in [5.74, 6) is -4.19. The second-order valence-electron chi connectivity index (χ2n) is 5.43. The first-order valence-electron chi connectivity index (χ1n) is 6.66. The molecule has 1 unspecified atom stereocenters. The molecule has 1 atom stereocenters. The molecule has 0 radical (unpaired) electrons. The van der Waals surface area contributed by atoms with Gasteiger partial charge < -0.3 is 10.5 Å². The minimum atomic E-state index is -5.89. The zero-order valence-corrected chi connectivity index (χ0v) is 12.4. The number of rotatable bonds is 1. The number of alkyl halides is 6. The van der Waals surface area contributed by atoms with E-state index in [1.54, 1.807) is 0 Å². The van der Waals surface area contributed by atoms with Crippen LogP contribution in [0.1, 0.15) is 13.8 Å². The second-order valence-corrected chi connectivity index (χ2v) is 5.43. The van der Waals surface area contributed by atoms with Gasteiger partial charge in [0.25, 0.3) is 0 Å². The number of hydrogen-bond acceptors (Lipinski definition) is 3. The van der Waals surface area contributed by atoms with E-state index < -0.39 is 46.7 Å². The third kappa shape index (κ3) is 2.40. The number of carbonyl (C=O) groups is 1. The van der Waals surface area contributed by atoms with E-state index in [9.17, 15) is 36.3 Å². The number of nitrogens with one attached hydrogen (secondary N) is 1. The van der Waals surface area contributed by atoms with Gasteiger partial charge in [0.2, 0.25) is 11.2 Å². The molecule has 0 aromatic heterocycles. The van der Waals surface area contributed by atoms with Gasteiger partial charge in [-0.25, -0.2) is 0 Å². The van der Waals surface area contributed by atoms with Crippen LogP contribution in [0.15, 0.2) is 24.3 Å². The largest absolute Gasteiger partial charge is 0.618 e. The highest BCUT2D eigenvalue weighted by Crippen LogP contribution is 2.52. The van der Waals surface area contributed by atoms with Gasteiger partial charge in [-0.2, -0.15) is 31.1 Å². The molecule has 132 valence electrons. The molecule has 0 spiro atoms. The highest BCUT2D eigenvalue weighted by atomic mass is 19.4. The van der Waals surface area contributed by atoms with Crippen LogP contribution in [0.5, 0.6) is 0 Å². The topological polar surface area (TPSA) is 55.2 Å². The summed E-state index contributed by atoms with van der Waals surface area (Å²) >= 11 is 0. The number of benzene rings is 1. The molecule has 0 bridgehead atoms. The quantitative estimate of drug-likeness (QED) is 0.474. The third-order valence-corrected chi connectivity index (χ3v) is 3.93. The van der Waals surface area contributed by atoms with Crippen LogP contribution in [0.25, 0.3) is 0 Å². The lowest BCUT2D eigenvalue weighted by Gasteiger charge is -2.40. The van der Waals surface area contributed by atoms with Crippen molar-refractivity contribution in [3.05, 3.63) is 29.5 Å². The van der Waals surface area contributed by atoms with Crippen molar-refractivity contribution in [3.63, 3.8) is 0 Å². The van der Waals surface area contributed by atoms with Crippen molar-refractivity contribution in [1.82, 2.24) is 0 Å². The van der Waals surface area contributed by atoms with Gasteiger partial charge in [-0.3, -0.25) is 4.79 Å². The monoisotopic (exact) mass is 354 g/mol. The molecular weight excluding hydrogens is 342 g/mol. The Morgan fingerprint density at radius 1 is 1.17 bits per heavy atom. The van der Waals surface area contributed by atoms with E-state index >= 15 is 0 Å². The normalized spacial score (nSPS) is 20.9. The lowest BCUT2D eigenvalue weighted by Crippen LogP contribution is -2.69. The maximum absolute atomic E-state index is 13.6. The predicted octanol–water partition coefficient (Wildman–Crippen LogP) is 3.78. The zero-order chi connectivity index (χ0) is 18.5. The van der Waals surface area contributed by atoms with Crippen LogP contribution in [0.3, 0.4) is 0 Å². The van der Waals surface area contributed by atoms with Gasteiger partial charge in [-0.15, -0.1) is 0 Å². The van der Waals surface area contributed by atoms with Gasteiger partial charge in [0.15, 0.2) is 5.71 Å². The summed E-state index contributed by atoms with van der Waals surface area (Å²) in [5.41, 5.74) is -6.60. The van der Waals surface area contributed by atoms with E-state index in [-0.39, 0.29) is 4.74 Å². The number of fused-ring (bicyclic) bond motifs is 1. The summed E-state index contributed by atoms with van der Waals surface area (Å²) in [6.45, 7) is 1.38. The van der Waals surface area contributed by atoms with Crippen molar-refractivity contribution in [2.75, 3.05) is 5.32 Å². The maximum Gasteiger partial charge on any atom is 0.421 e. The summed E-state index contributed by atoms with van der Waals surface area (Å²) in [5, 5.41) is 13.7. The van der Waals surface area contributed by atoms with E-state index in [1.165, 1.54) is 17.4 Å². The van der Waals surface area contributed by atoms with Crippen LogP contribution >= 0.6 is 0 Å². The van der Waals surface area contributed by atoms with Crippen molar-refractivity contribution < 1.29 is 35.9 Å². The molecule has 1 heterocycles. The lowest BCUT2D eigenvalue weighted by atomic mass is 9.77. The minimum Gasteiger partial charge on any atom is -0.618 e. The summed E-state index contributed by atoms with van der Waals surface area (Å²) in [6.07, 6.45) is -11.8. The van der Waals surface area contributed by atoms with Crippen molar-refractivity contribution in [3.8, 4) is 0 Å². The van der Waals surface area contributed by atoms with E-state index in [0.29, 0.717) is 6.92 Å². The Morgan fingerprint density at radius 3 is 2.12 bits per heavy atom. The third-order valence-electron chi connectivity index (χ3n) is 3.93. The Hall–Kier alpha value is -2.26. The molecule has 1 N–H and O–H groups in total. The summed E-state index contributed by atoms with van der Waals surface area (Å²) in [4.78, 5) is 11.7. The Balaban J connectivity index is 2.95. The van der Waals surface area contributed by atoms with Gasteiger partial charge in [0, 0.05) is 13.0 Å². The molecule has 0 saturated carbocycles. The van der Waals surface area contributed by atoms with Crippen LogP contribution in [0, 0.1) is 11.1 Å². The first-order valence-corrected chi connectivity index (χ1v) is 6.66. The molecule has 10 heteroatoms. The van der Waals surface area contributed by atoms with Crippen LogP contribution < -0.4 is 5.32 Å². The van der Waals surface area contributed by atoms with E-state index in [1.807, 2.05) is 0 Å². The second kappa shape index (κ2) is 5.38. The fourth-order valence-corrected chi connectivity index (χ4v) is 2.89. The molecule has 1 aliphatic heterocycles. The maximum atomic E-state index is 13.6. The molecule has 0 aliphatic carbocycles. The Bertz CT molecular complexity index is 694. The lowest BCUT2D eigenvalue weighted by molar-refractivity contribution is -0.365. The van der Waals surface area contributed by atoms with Crippen LogP contribution in [0.4, 0.5) is 37.7 Å². The zero-order valence-electron chi connectivity index (χ0n) is 12.4. The van der Waals surface area contributed by atoms with Crippen molar-refractivity contribution in [2.24, 2.45) is 5.92 Å². The number of nitrogens with zero attached hydrogens (tertiary/aromatic N) is 1. The van der Waals surface area contributed by atoms with Gasteiger partial charge in [0.05, 0.1) is 0 Å². The standard InChI is InChI=1S/C14H12F6N2O2/c1-7-11(8(2)23)12(13(15,16)17,14(18,19)20)21-9-5-3-4-6-10(9)22(7)24/h3-6,11,21H,1-2H3. The van der Waals surface area contributed by atoms with Crippen LogP contribution in [-0.4, -0.2) is 34.1 Å². The number of halogens is 6. The number of anilines is 1. The van der Waals surface area contributed by atoms with Crippen LogP contribution in [0.2, 0.25) is 0 Å². The smallest absolute Gasteiger partial charge is 0.421 e. The van der Waals surface area contributed by atoms with Crippen molar-refractivity contribution >= 4 is 22.9 Å². The predicted molar refractivity (Wildman–Crippen MR) is 73.0 cm³/mol. The molecule has 0 saturated heterocycles. The summed E-state index contributed by atoms with van der Waals surface area (Å²) in [6, 6.07) is 4.46. The average molecular weight is 354 g/mol. The Kier molecular flexibility index (Phi) is 4.06. The molecule has 1 aromatic carbocycles. The van der Waals surface area contributed by atoms with Gasteiger partial charge in [-0.1, -0.05) is 12.1 Å². The highest BCUT2D eigenvalue weighted by molar-refractivity contribution is 6.04. The first kappa shape index (κ1) is 18.1. The number of hydrogen-bond donors (Lipinski definition) is 1.